The van der Waals surface area contributed by atoms with E-state index < -0.39 is 5.91 Å². The van der Waals surface area contributed by atoms with Crippen LogP contribution in [-0.2, 0) is 4.79 Å². The zero-order valence-corrected chi connectivity index (χ0v) is 9.05. The van der Waals surface area contributed by atoms with Crippen molar-refractivity contribution in [2.75, 3.05) is 5.32 Å². The van der Waals surface area contributed by atoms with Crippen molar-refractivity contribution in [2.45, 2.75) is 12.8 Å². The number of aromatic nitrogens is 1. The largest absolute Gasteiger partial charge is 0.510 e. The highest BCUT2D eigenvalue weighted by Crippen LogP contribution is 2.36. The summed E-state index contributed by atoms with van der Waals surface area (Å²) in [5.74, 6) is -0.699. The predicted octanol–water partition coefficient (Wildman–Crippen LogP) is 1.77. The first kappa shape index (κ1) is 11.1. The van der Waals surface area contributed by atoms with Gasteiger partial charge in [-0.05, 0) is 25.0 Å². The summed E-state index contributed by atoms with van der Waals surface area (Å²) in [5, 5.41) is 21.1. The van der Waals surface area contributed by atoms with Crippen LogP contribution in [0.2, 0.25) is 0 Å². The third-order valence-corrected chi connectivity index (χ3v) is 2.50. The van der Waals surface area contributed by atoms with Gasteiger partial charge in [-0.3, -0.25) is 9.78 Å². The molecule has 1 aromatic heterocycles. The Bertz CT molecular complexity index is 498. The molecule has 0 bridgehead atoms. The van der Waals surface area contributed by atoms with Crippen LogP contribution in [0.1, 0.15) is 12.8 Å². The molecular weight excluding hydrogens is 218 g/mol. The topological polar surface area (TPSA) is 86.0 Å². The van der Waals surface area contributed by atoms with Crippen molar-refractivity contribution in [2.24, 2.45) is 5.92 Å². The van der Waals surface area contributed by atoms with Gasteiger partial charge >= 0.3 is 0 Å². The SMILES string of the molecule is N#CC(C(=O)Nc1ccncc1)=C(O)C1CC1. The molecule has 1 fully saturated rings. The van der Waals surface area contributed by atoms with Gasteiger partial charge in [-0.1, -0.05) is 0 Å². The Hall–Kier alpha value is -2.35. The second-order valence-electron chi connectivity index (χ2n) is 3.84. The number of pyridine rings is 1. The van der Waals surface area contributed by atoms with Crippen LogP contribution in [-0.4, -0.2) is 16.0 Å². The van der Waals surface area contributed by atoms with Crippen molar-refractivity contribution in [3.8, 4) is 6.07 Å². The molecule has 86 valence electrons. The number of carbonyl (C=O) groups excluding carboxylic acids is 1. The first-order valence-electron chi connectivity index (χ1n) is 5.27. The lowest BCUT2D eigenvalue weighted by atomic mass is 10.1. The second kappa shape index (κ2) is 4.66. The molecule has 5 nitrogen and oxygen atoms in total. The maximum atomic E-state index is 11.7. The normalized spacial score (nSPS) is 15.7. The van der Waals surface area contributed by atoms with Gasteiger partial charge in [0, 0.05) is 24.0 Å². The van der Waals surface area contributed by atoms with E-state index in [0.717, 1.165) is 12.8 Å². The van der Waals surface area contributed by atoms with Crippen LogP contribution >= 0.6 is 0 Å². The highest BCUT2D eigenvalue weighted by molar-refractivity contribution is 6.06. The molecule has 17 heavy (non-hydrogen) atoms. The number of hydrogen-bond acceptors (Lipinski definition) is 4. The van der Waals surface area contributed by atoms with Crippen molar-refractivity contribution in [3.63, 3.8) is 0 Å². The van der Waals surface area contributed by atoms with Crippen LogP contribution in [0, 0.1) is 17.2 Å². The standard InChI is InChI=1S/C12H11N3O2/c13-7-10(11(16)8-1-2-8)12(17)15-9-3-5-14-6-4-9/h3-6,8,16H,1-2H2,(H,14,15,17). The van der Waals surface area contributed by atoms with Crippen LogP contribution in [0.4, 0.5) is 5.69 Å². The van der Waals surface area contributed by atoms with Gasteiger partial charge in [-0.2, -0.15) is 5.26 Å². The fourth-order valence-corrected chi connectivity index (χ4v) is 1.41. The average molecular weight is 229 g/mol. The van der Waals surface area contributed by atoms with Gasteiger partial charge in [0.1, 0.15) is 11.8 Å². The molecule has 0 aliphatic heterocycles. The van der Waals surface area contributed by atoms with Gasteiger partial charge < -0.3 is 10.4 Å². The minimum atomic E-state index is -0.580. The minimum Gasteiger partial charge on any atom is -0.510 e. The summed E-state index contributed by atoms with van der Waals surface area (Å²) in [5.41, 5.74) is 0.339. The summed E-state index contributed by atoms with van der Waals surface area (Å²) in [6, 6.07) is 4.97. The van der Waals surface area contributed by atoms with E-state index in [1.165, 1.54) is 12.4 Å². The number of aliphatic hydroxyl groups excluding tert-OH is 1. The van der Waals surface area contributed by atoms with Crippen LogP contribution in [0.5, 0.6) is 0 Å². The van der Waals surface area contributed by atoms with Crippen molar-refractivity contribution in [1.29, 1.82) is 5.26 Å². The van der Waals surface area contributed by atoms with E-state index >= 15 is 0 Å². The maximum absolute atomic E-state index is 11.7. The molecule has 1 amide bonds. The Morgan fingerprint density at radius 3 is 2.65 bits per heavy atom. The van der Waals surface area contributed by atoms with Crippen LogP contribution in [0.25, 0.3) is 0 Å². The molecule has 2 N–H and O–H groups in total. The molecule has 2 rings (SSSR count). The summed E-state index contributed by atoms with van der Waals surface area (Å²) in [4.78, 5) is 15.6. The fraction of sp³-hybridized carbons (Fsp3) is 0.250. The zero-order chi connectivity index (χ0) is 12.3. The highest BCUT2D eigenvalue weighted by atomic mass is 16.3. The lowest BCUT2D eigenvalue weighted by Gasteiger charge is -2.05. The van der Waals surface area contributed by atoms with E-state index in [0.29, 0.717) is 5.69 Å². The number of hydrogen-bond donors (Lipinski definition) is 2. The van der Waals surface area contributed by atoms with E-state index in [4.69, 9.17) is 5.26 Å². The predicted molar refractivity (Wildman–Crippen MR) is 60.9 cm³/mol. The number of aliphatic hydroxyl groups is 1. The maximum Gasteiger partial charge on any atom is 0.269 e. The molecule has 1 heterocycles. The van der Waals surface area contributed by atoms with E-state index in [9.17, 15) is 9.90 Å². The number of anilines is 1. The van der Waals surface area contributed by atoms with E-state index in [1.807, 2.05) is 0 Å². The Morgan fingerprint density at radius 2 is 2.12 bits per heavy atom. The summed E-state index contributed by atoms with van der Waals surface area (Å²) >= 11 is 0. The third kappa shape index (κ3) is 2.61. The van der Waals surface area contributed by atoms with Gasteiger partial charge in [0.05, 0.1) is 0 Å². The van der Waals surface area contributed by atoms with Crippen molar-refractivity contribution >= 4 is 11.6 Å². The van der Waals surface area contributed by atoms with Crippen molar-refractivity contribution in [3.05, 3.63) is 35.9 Å². The van der Waals surface area contributed by atoms with Gasteiger partial charge in [0.15, 0.2) is 5.57 Å². The molecule has 1 aliphatic rings. The zero-order valence-electron chi connectivity index (χ0n) is 9.05. The van der Waals surface area contributed by atoms with Crippen LogP contribution < -0.4 is 5.32 Å². The number of nitrogens with one attached hydrogen (secondary N) is 1. The monoisotopic (exact) mass is 229 g/mol. The quantitative estimate of drug-likeness (QED) is 0.470. The first-order valence-corrected chi connectivity index (χ1v) is 5.27. The number of rotatable bonds is 3. The molecule has 0 saturated heterocycles. The molecule has 1 aliphatic carbocycles. The summed E-state index contributed by atoms with van der Waals surface area (Å²) in [7, 11) is 0. The van der Waals surface area contributed by atoms with Crippen molar-refractivity contribution in [1.82, 2.24) is 4.98 Å². The first-order chi connectivity index (χ1) is 8.22. The lowest BCUT2D eigenvalue weighted by Crippen LogP contribution is -2.15. The molecule has 0 aromatic carbocycles. The Kier molecular flexibility index (Phi) is 3.06. The van der Waals surface area contributed by atoms with Crippen LogP contribution in [0.15, 0.2) is 35.9 Å². The molecule has 0 radical (unpaired) electrons. The number of nitrogens with zero attached hydrogens (tertiary/aromatic N) is 2. The molecular formula is C12H11N3O2. The average Bonchev–Trinajstić information content (AvgIpc) is 3.15. The van der Waals surface area contributed by atoms with Gasteiger partial charge in [0.25, 0.3) is 5.91 Å². The minimum absolute atomic E-state index is 0.0205. The van der Waals surface area contributed by atoms with Gasteiger partial charge in [-0.15, -0.1) is 0 Å². The number of amides is 1. The molecule has 0 atom stereocenters. The van der Waals surface area contributed by atoms with E-state index in [1.54, 1.807) is 18.2 Å². The molecule has 1 aromatic rings. The summed E-state index contributed by atoms with van der Waals surface area (Å²) < 4.78 is 0. The number of nitriles is 1. The third-order valence-electron chi connectivity index (χ3n) is 2.50. The van der Waals surface area contributed by atoms with Gasteiger partial charge in [-0.25, -0.2) is 0 Å². The smallest absolute Gasteiger partial charge is 0.269 e. The Morgan fingerprint density at radius 1 is 1.47 bits per heavy atom. The summed E-state index contributed by atoms with van der Waals surface area (Å²) in [6.07, 6.45) is 4.73. The van der Waals surface area contributed by atoms with E-state index in [2.05, 4.69) is 10.3 Å². The van der Waals surface area contributed by atoms with E-state index in [-0.39, 0.29) is 17.3 Å². The Balaban J connectivity index is 2.14. The fourth-order valence-electron chi connectivity index (χ4n) is 1.41. The van der Waals surface area contributed by atoms with Crippen molar-refractivity contribution < 1.29 is 9.90 Å². The molecule has 0 spiro atoms. The molecule has 1 saturated carbocycles. The summed E-state index contributed by atoms with van der Waals surface area (Å²) in [6.45, 7) is 0. The second-order valence-corrected chi connectivity index (χ2v) is 3.84. The van der Waals surface area contributed by atoms with Gasteiger partial charge in [0.2, 0.25) is 0 Å². The Labute approximate surface area is 98.4 Å². The lowest BCUT2D eigenvalue weighted by molar-refractivity contribution is -0.112. The number of allylic oxidation sites excluding steroid dienone is 1. The molecule has 5 heteroatoms. The molecule has 0 unspecified atom stereocenters. The highest BCUT2D eigenvalue weighted by Gasteiger charge is 2.30. The van der Waals surface area contributed by atoms with Crippen LogP contribution in [0.3, 0.4) is 0 Å². The number of carbonyl (C=O) groups is 1.